The van der Waals surface area contributed by atoms with Crippen LogP contribution >= 0.6 is 0 Å². The number of rotatable bonds is 7. The Morgan fingerprint density at radius 1 is 1.47 bits per heavy atom. The van der Waals surface area contributed by atoms with Crippen LogP contribution < -0.4 is 5.32 Å². The summed E-state index contributed by atoms with van der Waals surface area (Å²) >= 11 is 0. The van der Waals surface area contributed by atoms with Crippen LogP contribution in [0.1, 0.15) is 56.7 Å². The molecule has 0 spiro atoms. The highest BCUT2D eigenvalue weighted by Crippen LogP contribution is 2.11. The van der Waals surface area contributed by atoms with Crippen LogP contribution in [0.3, 0.4) is 0 Å². The number of aliphatic hydroxyl groups is 1. The number of carbonyl (C=O) groups excluding carboxylic acids is 1. The van der Waals surface area contributed by atoms with E-state index < -0.39 is 5.60 Å². The summed E-state index contributed by atoms with van der Waals surface area (Å²) in [7, 11) is 0. The van der Waals surface area contributed by atoms with Crippen LogP contribution in [0.25, 0.3) is 0 Å². The van der Waals surface area contributed by atoms with Crippen LogP contribution in [0.15, 0.2) is 6.07 Å². The van der Waals surface area contributed by atoms with Gasteiger partial charge in [-0.05, 0) is 32.8 Å². The van der Waals surface area contributed by atoms with Crippen LogP contribution in [0.4, 0.5) is 0 Å². The molecule has 0 saturated carbocycles. The van der Waals surface area contributed by atoms with Gasteiger partial charge in [-0.3, -0.25) is 9.48 Å². The van der Waals surface area contributed by atoms with Crippen molar-refractivity contribution in [1.82, 2.24) is 15.1 Å². The first-order chi connectivity index (χ1) is 8.93. The van der Waals surface area contributed by atoms with Crippen LogP contribution in [-0.2, 0) is 13.0 Å². The van der Waals surface area contributed by atoms with Gasteiger partial charge in [0, 0.05) is 13.1 Å². The van der Waals surface area contributed by atoms with Gasteiger partial charge in [-0.2, -0.15) is 5.10 Å². The second-order valence-electron chi connectivity index (χ2n) is 5.12. The molecule has 0 aromatic carbocycles. The van der Waals surface area contributed by atoms with E-state index in [0.717, 1.165) is 18.5 Å². The summed E-state index contributed by atoms with van der Waals surface area (Å²) in [4.78, 5) is 12.1. The molecule has 0 radical (unpaired) electrons. The average Bonchev–Trinajstić information content (AvgIpc) is 2.79. The number of aromatic nitrogens is 2. The van der Waals surface area contributed by atoms with E-state index in [4.69, 9.17) is 0 Å². The molecule has 108 valence electrons. The molecule has 5 heteroatoms. The third-order valence-electron chi connectivity index (χ3n) is 3.14. The second kappa shape index (κ2) is 6.70. The molecular formula is C14H25N3O2. The van der Waals surface area contributed by atoms with Gasteiger partial charge >= 0.3 is 0 Å². The molecule has 0 aliphatic rings. The molecule has 19 heavy (non-hydrogen) atoms. The Hall–Kier alpha value is -1.36. The van der Waals surface area contributed by atoms with Crippen molar-refractivity contribution in [2.24, 2.45) is 0 Å². The maximum atomic E-state index is 12.1. The Kier molecular flexibility index (Phi) is 5.54. The lowest BCUT2D eigenvalue weighted by Crippen LogP contribution is -2.41. The predicted octanol–water partition coefficient (Wildman–Crippen LogP) is 1.75. The minimum atomic E-state index is -0.852. The fourth-order valence-electron chi connectivity index (χ4n) is 2.05. The van der Waals surface area contributed by atoms with E-state index in [2.05, 4.69) is 10.4 Å². The standard InChI is InChI=1S/C14H25N3O2/c1-5-8-14(4,19)10-15-13(18)12-9-11(6-2)16-17(12)7-3/h9,19H,5-8,10H2,1-4H3,(H,15,18). The van der Waals surface area contributed by atoms with Gasteiger partial charge in [-0.1, -0.05) is 20.3 Å². The van der Waals surface area contributed by atoms with E-state index in [-0.39, 0.29) is 12.5 Å². The molecule has 0 aliphatic heterocycles. The Morgan fingerprint density at radius 2 is 2.16 bits per heavy atom. The minimum Gasteiger partial charge on any atom is -0.388 e. The average molecular weight is 267 g/mol. The highest BCUT2D eigenvalue weighted by atomic mass is 16.3. The molecule has 5 nitrogen and oxygen atoms in total. The van der Waals surface area contributed by atoms with Crippen molar-refractivity contribution in [1.29, 1.82) is 0 Å². The van der Waals surface area contributed by atoms with Crippen LogP contribution in [0, 0.1) is 0 Å². The minimum absolute atomic E-state index is 0.176. The first-order valence-corrected chi connectivity index (χ1v) is 7.00. The summed E-state index contributed by atoms with van der Waals surface area (Å²) in [5, 5.41) is 17.2. The predicted molar refractivity (Wildman–Crippen MR) is 75.1 cm³/mol. The Morgan fingerprint density at radius 3 is 2.68 bits per heavy atom. The molecule has 1 atom stereocenters. The highest BCUT2D eigenvalue weighted by molar-refractivity contribution is 5.92. The van der Waals surface area contributed by atoms with Gasteiger partial charge < -0.3 is 10.4 Å². The summed E-state index contributed by atoms with van der Waals surface area (Å²) in [6.45, 7) is 8.64. The molecule has 0 aliphatic carbocycles. The first-order valence-electron chi connectivity index (χ1n) is 7.00. The van der Waals surface area contributed by atoms with Gasteiger partial charge in [0.15, 0.2) is 0 Å². The normalized spacial score (nSPS) is 14.2. The maximum absolute atomic E-state index is 12.1. The van der Waals surface area contributed by atoms with E-state index >= 15 is 0 Å². The van der Waals surface area contributed by atoms with E-state index in [1.165, 1.54) is 0 Å². The van der Waals surface area contributed by atoms with Gasteiger partial charge in [0.2, 0.25) is 0 Å². The van der Waals surface area contributed by atoms with E-state index in [0.29, 0.717) is 18.7 Å². The number of hydrogen-bond acceptors (Lipinski definition) is 3. The van der Waals surface area contributed by atoms with Crippen molar-refractivity contribution in [2.45, 2.75) is 59.1 Å². The van der Waals surface area contributed by atoms with Crippen molar-refractivity contribution in [3.8, 4) is 0 Å². The van der Waals surface area contributed by atoms with Gasteiger partial charge in [-0.25, -0.2) is 0 Å². The number of nitrogens with zero attached hydrogens (tertiary/aromatic N) is 2. The summed E-state index contributed by atoms with van der Waals surface area (Å²) < 4.78 is 1.70. The zero-order valence-electron chi connectivity index (χ0n) is 12.4. The SMILES string of the molecule is CCCC(C)(O)CNC(=O)c1cc(CC)nn1CC. The Balaban J connectivity index is 2.70. The molecule has 1 aromatic heterocycles. The summed E-state index contributed by atoms with van der Waals surface area (Å²) in [6.07, 6.45) is 2.36. The lowest BCUT2D eigenvalue weighted by molar-refractivity contribution is 0.0467. The molecule has 1 heterocycles. The van der Waals surface area contributed by atoms with Gasteiger partial charge in [0.05, 0.1) is 11.3 Å². The number of aryl methyl sites for hydroxylation is 2. The number of hydrogen-bond donors (Lipinski definition) is 2. The monoisotopic (exact) mass is 267 g/mol. The number of carbonyl (C=O) groups is 1. The Bertz CT molecular complexity index is 424. The number of amides is 1. The van der Waals surface area contributed by atoms with Crippen LogP contribution in [0.2, 0.25) is 0 Å². The highest BCUT2D eigenvalue weighted by Gasteiger charge is 2.21. The number of nitrogens with one attached hydrogen (secondary N) is 1. The van der Waals surface area contributed by atoms with Crippen molar-refractivity contribution >= 4 is 5.91 Å². The topological polar surface area (TPSA) is 67.2 Å². The molecular weight excluding hydrogens is 242 g/mol. The van der Waals surface area contributed by atoms with Gasteiger partial charge in [-0.15, -0.1) is 0 Å². The van der Waals surface area contributed by atoms with Crippen molar-refractivity contribution in [2.75, 3.05) is 6.54 Å². The van der Waals surface area contributed by atoms with Crippen LogP contribution in [-0.4, -0.2) is 32.9 Å². The molecule has 1 aromatic rings. The summed E-state index contributed by atoms with van der Waals surface area (Å²) in [5.41, 5.74) is 0.619. The fourth-order valence-corrected chi connectivity index (χ4v) is 2.05. The third-order valence-corrected chi connectivity index (χ3v) is 3.14. The van der Waals surface area contributed by atoms with E-state index in [9.17, 15) is 9.90 Å². The first kappa shape index (κ1) is 15.7. The summed E-state index contributed by atoms with van der Waals surface area (Å²) in [5.74, 6) is -0.176. The zero-order chi connectivity index (χ0) is 14.5. The molecule has 1 amide bonds. The van der Waals surface area contributed by atoms with Crippen LogP contribution in [0.5, 0.6) is 0 Å². The molecule has 0 bridgehead atoms. The van der Waals surface area contributed by atoms with E-state index in [1.54, 1.807) is 11.6 Å². The maximum Gasteiger partial charge on any atom is 0.269 e. The third kappa shape index (κ3) is 4.35. The van der Waals surface area contributed by atoms with Crippen molar-refractivity contribution < 1.29 is 9.90 Å². The lowest BCUT2D eigenvalue weighted by Gasteiger charge is -2.22. The quantitative estimate of drug-likeness (QED) is 0.791. The fraction of sp³-hybridized carbons (Fsp3) is 0.714. The molecule has 1 unspecified atom stereocenters. The lowest BCUT2D eigenvalue weighted by atomic mass is 10.0. The smallest absolute Gasteiger partial charge is 0.269 e. The second-order valence-corrected chi connectivity index (χ2v) is 5.12. The van der Waals surface area contributed by atoms with E-state index in [1.807, 2.05) is 26.8 Å². The zero-order valence-corrected chi connectivity index (χ0v) is 12.4. The van der Waals surface area contributed by atoms with Gasteiger partial charge in [0.1, 0.15) is 5.69 Å². The molecule has 1 rings (SSSR count). The Labute approximate surface area is 115 Å². The molecule has 2 N–H and O–H groups in total. The van der Waals surface area contributed by atoms with Gasteiger partial charge in [0.25, 0.3) is 5.91 Å². The summed E-state index contributed by atoms with van der Waals surface area (Å²) in [6, 6.07) is 1.81. The largest absolute Gasteiger partial charge is 0.388 e. The van der Waals surface area contributed by atoms with Crippen molar-refractivity contribution in [3.63, 3.8) is 0 Å². The molecule has 0 saturated heterocycles. The van der Waals surface area contributed by atoms with Crippen molar-refractivity contribution in [3.05, 3.63) is 17.5 Å². The molecule has 0 fully saturated rings.